The van der Waals surface area contributed by atoms with Crippen molar-refractivity contribution in [3.8, 4) is 5.75 Å². The summed E-state index contributed by atoms with van der Waals surface area (Å²) in [4.78, 5) is 40.2. The van der Waals surface area contributed by atoms with Crippen molar-refractivity contribution >= 4 is 17.9 Å². The van der Waals surface area contributed by atoms with E-state index < -0.39 is 42.2 Å². The predicted octanol–water partition coefficient (Wildman–Crippen LogP) is 2.86. The van der Waals surface area contributed by atoms with Gasteiger partial charge in [0.15, 0.2) is 0 Å². The lowest BCUT2D eigenvalue weighted by Crippen LogP contribution is -2.54. The van der Waals surface area contributed by atoms with Gasteiger partial charge < -0.3 is 30.5 Å². The van der Waals surface area contributed by atoms with Crippen molar-refractivity contribution in [1.29, 1.82) is 0 Å². The maximum Gasteiger partial charge on any atom is 0.408 e. The smallest absolute Gasteiger partial charge is 0.408 e. The number of hydrogen-bond donors (Lipinski definition) is 4. The van der Waals surface area contributed by atoms with Crippen molar-refractivity contribution in [3.63, 3.8) is 0 Å². The lowest BCUT2D eigenvalue weighted by Gasteiger charge is -2.34. The maximum atomic E-state index is 13.5. The number of aliphatic hydroxyl groups is 1. The summed E-state index contributed by atoms with van der Waals surface area (Å²) >= 11 is 0. The van der Waals surface area contributed by atoms with Crippen LogP contribution in [0.1, 0.15) is 71.9 Å². The predicted molar refractivity (Wildman–Crippen MR) is 126 cm³/mol. The van der Waals surface area contributed by atoms with Crippen molar-refractivity contribution < 1.29 is 29.3 Å². The lowest BCUT2D eigenvalue weighted by atomic mass is 10.0. The Morgan fingerprint density at radius 3 is 2.33 bits per heavy atom. The first-order valence-corrected chi connectivity index (χ1v) is 11.5. The van der Waals surface area contributed by atoms with Crippen LogP contribution in [0, 0.1) is 0 Å². The Bertz CT molecular complexity index is 778. The molecule has 0 saturated carbocycles. The van der Waals surface area contributed by atoms with Gasteiger partial charge in [0.05, 0.1) is 6.61 Å². The first kappa shape index (κ1) is 28.2. The standard InChI is InChI=1S/C24H39N3O6/c1-6-8-13-25-21(30)20(17-11-10-12-18(29)15-17)27(14-9-7-2)22(31)19(16-28)26-23(32)33-24(3,4)5/h10-12,15,19-20,28-29H,6-9,13-14,16H2,1-5H3,(H,25,30)(H,26,32). The number of ether oxygens (including phenoxy) is 1. The highest BCUT2D eigenvalue weighted by Crippen LogP contribution is 2.26. The van der Waals surface area contributed by atoms with E-state index in [4.69, 9.17) is 4.74 Å². The molecule has 2 atom stereocenters. The summed E-state index contributed by atoms with van der Waals surface area (Å²) in [7, 11) is 0. The molecule has 9 nitrogen and oxygen atoms in total. The van der Waals surface area contributed by atoms with Crippen LogP contribution in [0.15, 0.2) is 24.3 Å². The molecule has 0 aliphatic heterocycles. The zero-order chi connectivity index (χ0) is 25.0. The van der Waals surface area contributed by atoms with E-state index in [1.807, 2.05) is 13.8 Å². The zero-order valence-corrected chi connectivity index (χ0v) is 20.4. The van der Waals surface area contributed by atoms with Crippen LogP contribution < -0.4 is 10.6 Å². The van der Waals surface area contributed by atoms with Crippen molar-refractivity contribution in [2.24, 2.45) is 0 Å². The van der Waals surface area contributed by atoms with Crippen LogP contribution >= 0.6 is 0 Å². The van der Waals surface area contributed by atoms with E-state index in [1.165, 1.54) is 17.0 Å². The number of phenolic OH excluding ortho intramolecular Hbond substituents is 1. The van der Waals surface area contributed by atoms with Gasteiger partial charge in [0.1, 0.15) is 23.4 Å². The van der Waals surface area contributed by atoms with Gasteiger partial charge >= 0.3 is 6.09 Å². The highest BCUT2D eigenvalue weighted by atomic mass is 16.6. The molecule has 186 valence electrons. The molecule has 4 N–H and O–H groups in total. The molecule has 0 saturated heterocycles. The van der Waals surface area contributed by atoms with Crippen molar-refractivity contribution in [3.05, 3.63) is 29.8 Å². The molecule has 9 heteroatoms. The molecular weight excluding hydrogens is 426 g/mol. The van der Waals surface area contributed by atoms with Gasteiger partial charge in [-0.25, -0.2) is 4.79 Å². The Labute approximate surface area is 196 Å². The third-order valence-electron chi connectivity index (χ3n) is 4.78. The van der Waals surface area contributed by atoms with Gasteiger partial charge in [-0.1, -0.05) is 38.8 Å². The van der Waals surface area contributed by atoms with Crippen LogP contribution in [0.25, 0.3) is 0 Å². The van der Waals surface area contributed by atoms with Crippen LogP contribution in [0.3, 0.4) is 0 Å². The van der Waals surface area contributed by atoms with Gasteiger partial charge in [0, 0.05) is 13.1 Å². The fourth-order valence-corrected chi connectivity index (χ4v) is 3.18. The first-order chi connectivity index (χ1) is 15.5. The fraction of sp³-hybridized carbons (Fsp3) is 0.625. The molecule has 0 radical (unpaired) electrons. The van der Waals surface area contributed by atoms with Crippen LogP contribution in [0.4, 0.5) is 4.79 Å². The van der Waals surface area contributed by atoms with Crippen molar-refractivity contribution in [1.82, 2.24) is 15.5 Å². The van der Waals surface area contributed by atoms with Crippen LogP contribution in [-0.4, -0.2) is 64.4 Å². The normalized spacial score (nSPS) is 13.0. The lowest BCUT2D eigenvalue weighted by molar-refractivity contribution is -0.143. The van der Waals surface area contributed by atoms with Crippen LogP contribution in [-0.2, 0) is 14.3 Å². The van der Waals surface area contributed by atoms with Crippen molar-refractivity contribution in [2.75, 3.05) is 19.7 Å². The number of carbonyl (C=O) groups is 3. The average molecular weight is 466 g/mol. The molecule has 1 rings (SSSR count). The van der Waals surface area contributed by atoms with Crippen LogP contribution in [0.5, 0.6) is 5.75 Å². The average Bonchev–Trinajstić information content (AvgIpc) is 2.73. The number of aliphatic hydroxyl groups excluding tert-OH is 1. The number of hydrogen-bond acceptors (Lipinski definition) is 6. The second kappa shape index (κ2) is 13.7. The summed E-state index contributed by atoms with van der Waals surface area (Å²) in [6.07, 6.45) is 2.19. The van der Waals surface area contributed by atoms with Crippen molar-refractivity contribution in [2.45, 2.75) is 78.0 Å². The number of unbranched alkanes of at least 4 members (excludes halogenated alkanes) is 2. The Hall–Kier alpha value is -2.81. The van der Waals surface area contributed by atoms with E-state index in [-0.39, 0.29) is 12.3 Å². The van der Waals surface area contributed by atoms with Gasteiger partial charge in [-0.2, -0.15) is 0 Å². The topological polar surface area (TPSA) is 128 Å². The van der Waals surface area contributed by atoms with E-state index in [0.717, 1.165) is 19.3 Å². The quantitative estimate of drug-likeness (QED) is 0.352. The molecule has 0 spiro atoms. The minimum atomic E-state index is -1.29. The number of alkyl carbamates (subject to hydrolysis) is 1. The van der Waals surface area contributed by atoms with E-state index in [1.54, 1.807) is 32.9 Å². The first-order valence-electron chi connectivity index (χ1n) is 11.5. The van der Waals surface area contributed by atoms with E-state index in [2.05, 4.69) is 10.6 Å². The summed E-state index contributed by atoms with van der Waals surface area (Å²) in [5.41, 5.74) is -0.347. The Balaban J connectivity index is 3.30. The van der Waals surface area contributed by atoms with Gasteiger partial charge in [-0.3, -0.25) is 9.59 Å². The summed E-state index contributed by atoms with van der Waals surface area (Å²) in [5, 5.41) is 25.1. The number of benzene rings is 1. The monoisotopic (exact) mass is 465 g/mol. The summed E-state index contributed by atoms with van der Waals surface area (Å²) in [6, 6.07) is 3.84. The van der Waals surface area contributed by atoms with Gasteiger partial charge in [-0.05, 0) is 51.3 Å². The number of nitrogens with zero attached hydrogens (tertiary/aromatic N) is 1. The Morgan fingerprint density at radius 2 is 1.79 bits per heavy atom. The summed E-state index contributed by atoms with van der Waals surface area (Å²) in [5.74, 6) is -1.05. The number of nitrogens with one attached hydrogen (secondary N) is 2. The largest absolute Gasteiger partial charge is 0.508 e. The molecule has 0 aromatic heterocycles. The van der Waals surface area contributed by atoms with E-state index in [9.17, 15) is 24.6 Å². The third kappa shape index (κ3) is 9.69. The van der Waals surface area contributed by atoms with Gasteiger partial charge in [0.2, 0.25) is 11.8 Å². The number of aromatic hydroxyl groups is 1. The molecular formula is C24H39N3O6. The second-order valence-electron chi connectivity index (χ2n) is 8.91. The Morgan fingerprint density at radius 1 is 1.12 bits per heavy atom. The minimum absolute atomic E-state index is 0.0349. The molecule has 1 aromatic rings. The van der Waals surface area contributed by atoms with E-state index in [0.29, 0.717) is 18.5 Å². The van der Waals surface area contributed by atoms with Gasteiger partial charge in [0.25, 0.3) is 0 Å². The molecule has 0 heterocycles. The SMILES string of the molecule is CCCCNC(=O)C(c1cccc(O)c1)N(CCCC)C(=O)C(CO)NC(=O)OC(C)(C)C. The number of amides is 3. The number of phenols is 1. The molecule has 0 aliphatic rings. The van der Waals surface area contributed by atoms with Gasteiger partial charge in [-0.15, -0.1) is 0 Å². The minimum Gasteiger partial charge on any atom is -0.508 e. The molecule has 33 heavy (non-hydrogen) atoms. The molecule has 0 aliphatic carbocycles. The third-order valence-corrected chi connectivity index (χ3v) is 4.78. The Kier molecular flexibility index (Phi) is 11.7. The fourth-order valence-electron chi connectivity index (χ4n) is 3.18. The highest BCUT2D eigenvalue weighted by molar-refractivity contribution is 5.92. The summed E-state index contributed by atoms with van der Waals surface area (Å²) < 4.78 is 5.21. The molecule has 0 fully saturated rings. The number of carbonyl (C=O) groups excluding carboxylic acids is 3. The zero-order valence-electron chi connectivity index (χ0n) is 20.4. The molecule has 3 amide bonds. The highest BCUT2D eigenvalue weighted by Gasteiger charge is 2.35. The molecule has 0 bridgehead atoms. The maximum absolute atomic E-state index is 13.5. The summed E-state index contributed by atoms with van der Waals surface area (Å²) in [6.45, 7) is 9.03. The van der Waals surface area contributed by atoms with Crippen LogP contribution in [0.2, 0.25) is 0 Å². The second-order valence-corrected chi connectivity index (χ2v) is 8.91. The van der Waals surface area contributed by atoms with E-state index >= 15 is 0 Å². The molecule has 2 unspecified atom stereocenters. The molecule has 1 aromatic carbocycles. The number of rotatable bonds is 12.